The minimum absolute atomic E-state index is 0.227. The molecule has 2 aromatic heterocycles. The number of aromatic nitrogens is 2. The minimum Gasteiger partial charge on any atom is -0.303 e. The highest BCUT2D eigenvalue weighted by molar-refractivity contribution is 5.44. The molecule has 16 heavy (non-hydrogen) atoms. The molecule has 2 nitrogen and oxygen atoms in total. The lowest BCUT2D eigenvalue weighted by Crippen LogP contribution is -2.22. The molecule has 0 saturated carbocycles. The molecule has 0 amide bonds. The molecule has 0 aliphatic rings. The normalized spacial score (nSPS) is 12.2. The molecule has 2 aromatic rings. The van der Waals surface area contributed by atoms with Crippen LogP contribution in [0.4, 0.5) is 0 Å². The van der Waals surface area contributed by atoms with E-state index in [1.54, 1.807) is 0 Å². The quantitative estimate of drug-likeness (QED) is 0.764. The SMILES string of the molecule is CCC(C)(CC)c1c(C)nc2ccccn12. The first-order chi connectivity index (χ1) is 7.62. The maximum absolute atomic E-state index is 4.64. The lowest BCUT2D eigenvalue weighted by molar-refractivity contribution is 0.420. The average molecular weight is 216 g/mol. The van der Waals surface area contributed by atoms with Crippen LogP contribution in [0.1, 0.15) is 45.0 Å². The monoisotopic (exact) mass is 216 g/mol. The molecule has 0 unspecified atom stereocenters. The second kappa shape index (κ2) is 3.93. The Morgan fingerprint density at radius 1 is 1.25 bits per heavy atom. The number of fused-ring (bicyclic) bond motifs is 1. The number of hydrogen-bond acceptors (Lipinski definition) is 1. The molecule has 0 aromatic carbocycles. The fourth-order valence-electron chi connectivity index (χ4n) is 2.43. The zero-order valence-electron chi connectivity index (χ0n) is 10.6. The van der Waals surface area contributed by atoms with E-state index >= 15 is 0 Å². The summed E-state index contributed by atoms with van der Waals surface area (Å²) in [6.07, 6.45) is 4.41. The topological polar surface area (TPSA) is 17.3 Å². The molecule has 0 N–H and O–H groups in total. The summed E-state index contributed by atoms with van der Waals surface area (Å²) in [5.41, 5.74) is 3.82. The van der Waals surface area contributed by atoms with Gasteiger partial charge in [0.2, 0.25) is 0 Å². The number of imidazole rings is 1. The van der Waals surface area contributed by atoms with Crippen molar-refractivity contribution in [2.24, 2.45) is 0 Å². The summed E-state index contributed by atoms with van der Waals surface area (Å²) in [7, 11) is 0. The fourth-order valence-corrected chi connectivity index (χ4v) is 2.43. The van der Waals surface area contributed by atoms with Crippen molar-refractivity contribution in [1.82, 2.24) is 9.38 Å². The number of hydrogen-bond donors (Lipinski definition) is 0. The van der Waals surface area contributed by atoms with Crippen LogP contribution in [-0.4, -0.2) is 9.38 Å². The lowest BCUT2D eigenvalue weighted by Gasteiger charge is -2.27. The second-order valence-corrected chi connectivity index (χ2v) is 4.74. The summed E-state index contributed by atoms with van der Waals surface area (Å²) in [6, 6.07) is 6.19. The van der Waals surface area contributed by atoms with Crippen LogP contribution in [0.15, 0.2) is 24.4 Å². The maximum Gasteiger partial charge on any atom is 0.137 e. The molecule has 2 rings (SSSR count). The number of nitrogens with zero attached hydrogens (tertiary/aromatic N) is 2. The highest BCUT2D eigenvalue weighted by Crippen LogP contribution is 2.33. The van der Waals surface area contributed by atoms with E-state index in [1.807, 2.05) is 6.07 Å². The predicted octanol–water partition coefficient (Wildman–Crippen LogP) is 3.72. The van der Waals surface area contributed by atoms with Crippen LogP contribution in [0.25, 0.3) is 5.65 Å². The molecule has 0 fully saturated rings. The predicted molar refractivity (Wildman–Crippen MR) is 67.9 cm³/mol. The van der Waals surface area contributed by atoms with E-state index < -0.39 is 0 Å². The van der Waals surface area contributed by atoms with E-state index in [-0.39, 0.29) is 5.41 Å². The van der Waals surface area contributed by atoms with Crippen molar-refractivity contribution in [1.29, 1.82) is 0 Å². The summed E-state index contributed by atoms with van der Waals surface area (Å²) in [4.78, 5) is 4.64. The average Bonchev–Trinajstić information content (AvgIpc) is 2.64. The molecule has 2 heteroatoms. The van der Waals surface area contributed by atoms with E-state index in [1.165, 1.54) is 5.69 Å². The van der Waals surface area contributed by atoms with E-state index in [9.17, 15) is 0 Å². The lowest BCUT2D eigenvalue weighted by atomic mass is 9.80. The van der Waals surface area contributed by atoms with Crippen molar-refractivity contribution >= 4 is 5.65 Å². The van der Waals surface area contributed by atoms with Gasteiger partial charge in [-0.15, -0.1) is 0 Å². The maximum atomic E-state index is 4.64. The second-order valence-electron chi connectivity index (χ2n) is 4.74. The Kier molecular flexibility index (Phi) is 2.75. The first-order valence-electron chi connectivity index (χ1n) is 6.06. The molecule has 0 radical (unpaired) electrons. The molecule has 0 bridgehead atoms. The van der Waals surface area contributed by atoms with Gasteiger partial charge in [0.25, 0.3) is 0 Å². The molecule has 0 saturated heterocycles. The standard InChI is InChI=1S/C14H20N2/c1-5-14(4,6-2)13-11(3)15-12-9-7-8-10-16(12)13/h7-10H,5-6H2,1-4H3. The van der Waals surface area contributed by atoms with Crippen molar-refractivity contribution in [3.05, 3.63) is 35.8 Å². The number of rotatable bonds is 3. The van der Waals surface area contributed by atoms with Crippen molar-refractivity contribution in [2.75, 3.05) is 0 Å². The van der Waals surface area contributed by atoms with Crippen molar-refractivity contribution in [3.8, 4) is 0 Å². The van der Waals surface area contributed by atoms with E-state index in [4.69, 9.17) is 0 Å². The van der Waals surface area contributed by atoms with Gasteiger partial charge in [0.1, 0.15) is 5.65 Å². The van der Waals surface area contributed by atoms with Gasteiger partial charge in [0, 0.05) is 11.6 Å². The molecule has 0 aliphatic heterocycles. The Morgan fingerprint density at radius 2 is 1.94 bits per heavy atom. The molecule has 0 aliphatic carbocycles. The smallest absolute Gasteiger partial charge is 0.137 e. The van der Waals surface area contributed by atoms with Crippen molar-refractivity contribution < 1.29 is 0 Å². The molecule has 0 atom stereocenters. The molecule has 2 heterocycles. The summed E-state index contributed by atoms with van der Waals surface area (Å²) in [6.45, 7) is 8.96. The van der Waals surface area contributed by atoms with Gasteiger partial charge in [-0.05, 0) is 31.9 Å². The van der Waals surface area contributed by atoms with Crippen LogP contribution in [0.5, 0.6) is 0 Å². The van der Waals surface area contributed by atoms with Gasteiger partial charge in [-0.3, -0.25) is 0 Å². The van der Waals surface area contributed by atoms with Gasteiger partial charge < -0.3 is 4.40 Å². The van der Waals surface area contributed by atoms with E-state index in [0.29, 0.717) is 0 Å². The van der Waals surface area contributed by atoms with Gasteiger partial charge in [0.05, 0.1) is 11.4 Å². The number of pyridine rings is 1. The Balaban J connectivity index is 2.72. The summed E-state index contributed by atoms with van der Waals surface area (Å²) in [5.74, 6) is 0. The third kappa shape index (κ3) is 1.53. The third-order valence-electron chi connectivity index (χ3n) is 3.84. The van der Waals surface area contributed by atoms with E-state index in [0.717, 1.165) is 24.2 Å². The minimum atomic E-state index is 0.227. The van der Waals surface area contributed by atoms with Crippen molar-refractivity contribution in [2.45, 2.75) is 46.0 Å². The van der Waals surface area contributed by atoms with Gasteiger partial charge in [-0.1, -0.05) is 26.8 Å². The zero-order valence-corrected chi connectivity index (χ0v) is 10.6. The number of aryl methyl sites for hydroxylation is 1. The fraction of sp³-hybridized carbons (Fsp3) is 0.500. The summed E-state index contributed by atoms with van der Waals surface area (Å²) < 4.78 is 2.24. The van der Waals surface area contributed by atoms with E-state index in [2.05, 4.69) is 55.4 Å². The molecule has 0 spiro atoms. The van der Waals surface area contributed by atoms with Gasteiger partial charge >= 0.3 is 0 Å². The van der Waals surface area contributed by atoms with Crippen LogP contribution < -0.4 is 0 Å². The Bertz CT molecular complexity index is 492. The third-order valence-corrected chi connectivity index (χ3v) is 3.84. The van der Waals surface area contributed by atoms with Crippen LogP contribution >= 0.6 is 0 Å². The first-order valence-corrected chi connectivity index (χ1v) is 6.06. The summed E-state index contributed by atoms with van der Waals surface area (Å²) >= 11 is 0. The molecular weight excluding hydrogens is 196 g/mol. The summed E-state index contributed by atoms with van der Waals surface area (Å²) in [5, 5.41) is 0. The Morgan fingerprint density at radius 3 is 2.56 bits per heavy atom. The highest BCUT2D eigenvalue weighted by Gasteiger charge is 2.28. The van der Waals surface area contributed by atoms with Gasteiger partial charge in [-0.2, -0.15) is 0 Å². The zero-order chi connectivity index (χ0) is 11.8. The molecule has 86 valence electrons. The van der Waals surface area contributed by atoms with Crippen LogP contribution in [0.3, 0.4) is 0 Å². The van der Waals surface area contributed by atoms with Gasteiger partial charge in [-0.25, -0.2) is 4.98 Å². The Hall–Kier alpha value is -1.31. The van der Waals surface area contributed by atoms with Crippen LogP contribution in [-0.2, 0) is 5.41 Å². The largest absolute Gasteiger partial charge is 0.303 e. The van der Waals surface area contributed by atoms with Crippen LogP contribution in [0.2, 0.25) is 0 Å². The molecular formula is C14H20N2. The van der Waals surface area contributed by atoms with Crippen LogP contribution in [0, 0.1) is 6.92 Å². The Labute approximate surface area is 97.3 Å². The van der Waals surface area contributed by atoms with Gasteiger partial charge in [0.15, 0.2) is 0 Å². The first kappa shape index (κ1) is 11.2. The highest BCUT2D eigenvalue weighted by atomic mass is 15.0. The van der Waals surface area contributed by atoms with Crippen molar-refractivity contribution in [3.63, 3.8) is 0 Å².